The minimum atomic E-state index is -0.328. The van der Waals surface area contributed by atoms with Gasteiger partial charge in [0.05, 0.1) is 4.92 Å². The van der Waals surface area contributed by atoms with Crippen molar-refractivity contribution >= 4 is 5.69 Å². The van der Waals surface area contributed by atoms with Crippen molar-refractivity contribution in [3.05, 3.63) is 63.5 Å². The van der Waals surface area contributed by atoms with Crippen LogP contribution >= 0.6 is 0 Å². The summed E-state index contributed by atoms with van der Waals surface area (Å²) in [6, 6.07) is 7.29. The molecule has 0 radical (unpaired) electrons. The summed E-state index contributed by atoms with van der Waals surface area (Å²) in [7, 11) is 0. The molecule has 0 saturated carbocycles. The van der Waals surface area contributed by atoms with Crippen LogP contribution in [0.4, 0.5) is 5.69 Å². The Kier molecular flexibility index (Phi) is 4.53. The Labute approximate surface area is 118 Å². The van der Waals surface area contributed by atoms with E-state index < -0.39 is 0 Å². The SMILES string of the molecule is CCNCc1ccn(Cc2cccc([N+](=O)[O-])c2C)c1. The Morgan fingerprint density at radius 1 is 1.35 bits per heavy atom. The summed E-state index contributed by atoms with van der Waals surface area (Å²) in [5, 5.41) is 14.2. The maximum Gasteiger partial charge on any atom is 0.272 e. The van der Waals surface area contributed by atoms with Crippen molar-refractivity contribution in [2.75, 3.05) is 6.54 Å². The lowest BCUT2D eigenvalue weighted by molar-refractivity contribution is -0.385. The minimum Gasteiger partial charge on any atom is -0.350 e. The van der Waals surface area contributed by atoms with Crippen LogP contribution in [0.1, 0.15) is 23.6 Å². The van der Waals surface area contributed by atoms with Gasteiger partial charge in [-0.25, -0.2) is 0 Å². The average Bonchev–Trinajstić information content (AvgIpc) is 2.86. The average molecular weight is 273 g/mol. The Morgan fingerprint density at radius 2 is 2.15 bits per heavy atom. The van der Waals surface area contributed by atoms with Crippen LogP contribution in [0.2, 0.25) is 0 Å². The van der Waals surface area contributed by atoms with Gasteiger partial charge in [0.2, 0.25) is 0 Å². The largest absolute Gasteiger partial charge is 0.350 e. The molecule has 2 rings (SSSR count). The van der Waals surface area contributed by atoms with Crippen LogP contribution in [0, 0.1) is 17.0 Å². The van der Waals surface area contributed by atoms with E-state index >= 15 is 0 Å². The van der Waals surface area contributed by atoms with Gasteiger partial charge in [0.25, 0.3) is 5.69 Å². The van der Waals surface area contributed by atoms with Crippen LogP contribution in [0.25, 0.3) is 0 Å². The number of nitrogens with one attached hydrogen (secondary N) is 1. The number of aromatic nitrogens is 1. The van der Waals surface area contributed by atoms with Gasteiger partial charge in [-0.1, -0.05) is 19.1 Å². The zero-order valence-corrected chi connectivity index (χ0v) is 11.8. The topological polar surface area (TPSA) is 60.1 Å². The number of nitrogens with zero attached hydrogens (tertiary/aromatic N) is 2. The van der Waals surface area contributed by atoms with Crippen molar-refractivity contribution in [2.45, 2.75) is 26.9 Å². The van der Waals surface area contributed by atoms with Gasteiger partial charge in [-0.05, 0) is 30.7 Å². The van der Waals surface area contributed by atoms with Gasteiger partial charge in [0, 0.05) is 37.1 Å². The van der Waals surface area contributed by atoms with E-state index in [1.165, 1.54) is 5.56 Å². The fourth-order valence-electron chi connectivity index (χ4n) is 2.20. The van der Waals surface area contributed by atoms with E-state index in [0.717, 1.165) is 24.2 Å². The highest BCUT2D eigenvalue weighted by molar-refractivity contribution is 5.44. The second-order valence-electron chi connectivity index (χ2n) is 4.79. The molecular formula is C15H19N3O2. The van der Waals surface area contributed by atoms with Gasteiger partial charge in [-0.15, -0.1) is 0 Å². The van der Waals surface area contributed by atoms with Crippen molar-refractivity contribution in [3.63, 3.8) is 0 Å². The molecule has 5 nitrogen and oxygen atoms in total. The molecule has 0 fully saturated rings. The molecule has 0 amide bonds. The summed E-state index contributed by atoms with van der Waals surface area (Å²) in [6.45, 7) is 6.31. The van der Waals surface area contributed by atoms with Crippen LogP contribution in [-0.4, -0.2) is 16.0 Å². The third-order valence-electron chi connectivity index (χ3n) is 3.36. The lowest BCUT2D eigenvalue weighted by Gasteiger charge is -2.07. The van der Waals surface area contributed by atoms with Crippen LogP contribution in [0.5, 0.6) is 0 Å². The molecule has 106 valence electrons. The molecule has 0 atom stereocenters. The zero-order chi connectivity index (χ0) is 14.5. The molecule has 0 aliphatic carbocycles. The van der Waals surface area contributed by atoms with E-state index in [-0.39, 0.29) is 10.6 Å². The summed E-state index contributed by atoms with van der Waals surface area (Å²) < 4.78 is 2.05. The van der Waals surface area contributed by atoms with Crippen molar-refractivity contribution in [1.82, 2.24) is 9.88 Å². The van der Waals surface area contributed by atoms with E-state index in [1.54, 1.807) is 19.1 Å². The lowest BCUT2D eigenvalue weighted by Crippen LogP contribution is -2.11. The zero-order valence-electron chi connectivity index (χ0n) is 11.8. The quantitative estimate of drug-likeness (QED) is 0.650. The van der Waals surface area contributed by atoms with Crippen molar-refractivity contribution in [3.8, 4) is 0 Å². The Bertz CT molecular complexity index is 605. The number of hydrogen-bond donors (Lipinski definition) is 1. The maximum atomic E-state index is 10.9. The second-order valence-corrected chi connectivity index (χ2v) is 4.79. The lowest BCUT2D eigenvalue weighted by atomic mass is 10.1. The van der Waals surface area contributed by atoms with E-state index in [2.05, 4.69) is 29.1 Å². The van der Waals surface area contributed by atoms with Gasteiger partial charge in [-0.3, -0.25) is 10.1 Å². The number of benzene rings is 1. The monoisotopic (exact) mass is 273 g/mol. The molecule has 1 heterocycles. The van der Waals surface area contributed by atoms with Crippen molar-refractivity contribution in [1.29, 1.82) is 0 Å². The van der Waals surface area contributed by atoms with Gasteiger partial charge >= 0.3 is 0 Å². The van der Waals surface area contributed by atoms with Gasteiger partial charge in [0.1, 0.15) is 0 Å². The van der Waals surface area contributed by atoms with Crippen LogP contribution in [0.15, 0.2) is 36.7 Å². The molecule has 1 aromatic heterocycles. The highest BCUT2D eigenvalue weighted by Crippen LogP contribution is 2.22. The highest BCUT2D eigenvalue weighted by atomic mass is 16.6. The first-order chi connectivity index (χ1) is 9.61. The van der Waals surface area contributed by atoms with E-state index in [0.29, 0.717) is 6.54 Å². The summed E-state index contributed by atoms with van der Waals surface area (Å²) in [5.74, 6) is 0. The first-order valence-electron chi connectivity index (χ1n) is 6.70. The molecule has 0 unspecified atom stereocenters. The van der Waals surface area contributed by atoms with Crippen LogP contribution < -0.4 is 5.32 Å². The Balaban J connectivity index is 2.16. The number of hydrogen-bond acceptors (Lipinski definition) is 3. The molecule has 20 heavy (non-hydrogen) atoms. The predicted octanol–water partition coefficient (Wildman–Crippen LogP) is 2.86. The fourth-order valence-corrected chi connectivity index (χ4v) is 2.20. The van der Waals surface area contributed by atoms with E-state index in [4.69, 9.17) is 0 Å². The maximum absolute atomic E-state index is 10.9. The fraction of sp³-hybridized carbons (Fsp3) is 0.333. The normalized spacial score (nSPS) is 10.7. The molecule has 1 aromatic carbocycles. The van der Waals surface area contributed by atoms with Gasteiger partial charge in [0.15, 0.2) is 0 Å². The van der Waals surface area contributed by atoms with E-state index in [1.807, 2.05) is 12.3 Å². The van der Waals surface area contributed by atoms with Gasteiger partial charge < -0.3 is 9.88 Å². The van der Waals surface area contributed by atoms with Crippen molar-refractivity contribution in [2.24, 2.45) is 0 Å². The summed E-state index contributed by atoms with van der Waals surface area (Å²) in [6.07, 6.45) is 4.08. The third-order valence-corrected chi connectivity index (χ3v) is 3.36. The van der Waals surface area contributed by atoms with E-state index in [9.17, 15) is 10.1 Å². The molecule has 0 saturated heterocycles. The standard InChI is InChI=1S/C15H19N3O2/c1-3-16-9-13-7-8-17(10-13)11-14-5-4-6-15(12(14)2)18(19)20/h4-8,10,16H,3,9,11H2,1-2H3. The van der Waals surface area contributed by atoms with Gasteiger partial charge in [-0.2, -0.15) is 0 Å². The second kappa shape index (κ2) is 6.34. The highest BCUT2D eigenvalue weighted by Gasteiger charge is 2.13. The summed E-state index contributed by atoms with van der Waals surface area (Å²) >= 11 is 0. The Morgan fingerprint density at radius 3 is 2.85 bits per heavy atom. The van der Waals surface area contributed by atoms with Crippen molar-refractivity contribution < 1.29 is 4.92 Å². The number of nitro groups is 1. The molecule has 0 aliphatic rings. The van der Waals surface area contributed by atoms with Crippen LogP contribution in [0.3, 0.4) is 0 Å². The van der Waals surface area contributed by atoms with Crippen LogP contribution in [-0.2, 0) is 13.1 Å². The molecular weight excluding hydrogens is 254 g/mol. The molecule has 5 heteroatoms. The molecule has 0 aliphatic heterocycles. The molecule has 0 bridgehead atoms. The number of rotatable bonds is 6. The smallest absolute Gasteiger partial charge is 0.272 e. The Hall–Kier alpha value is -2.14. The predicted molar refractivity (Wildman–Crippen MR) is 78.7 cm³/mol. The molecule has 2 aromatic rings. The molecule has 1 N–H and O–H groups in total. The third kappa shape index (κ3) is 3.24. The summed E-state index contributed by atoms with van der Waals surface area (Å²) in [5.41, 5.74) is 3.11. The minimum absolute atomic E-state index is 0.183. The summed E-state index contributed by atoms with van der Waals surface area (Å²) in [4.78, 5) is 10.6. The molecule has 0 spiro atoms. The number of nitro benzene ring substituents is 1. The first-order valence-corrected chi connectivity index (χ1v) is 6.70. The first kappa shape index (κ1) is 14.3.